The number of anilines is 1. The lowest BCUT2D eigenvalue weighted by atomic mass is 10.1. The number of nitrogens with zero attached hydrogens (tertiary/aromatic N) is 2. The van der Waals surface area contributed by atoms with Crippen molar-refractivity contribution in [3.63, 3.8) is 0 Å². The van der Waals surface area contributed by atoms with Crippen LogP contribution in [0.3, 0.4) is 0 Å². The number of nitrogens with two attached hydrogens (primary N) is 1. The van der Waals surface area contributed by atoms with E-state index in [1.54, 1.807) is 49.6 Å². The third-order valence-corrected chi connectivity index (χ3v) is 3.69. The Balaban J connectivity index is 1.96. The van der Waals surface area contributed by atoms with E-state index in [9.17, 15) is 4.79 Å². The van der Waals surface area contributed by atoms with Gasteiger partial charge in [0.15, 0.2) is 5.78 Å². The molecule has 3 rings (SSSR count). The zero-order valence-electron chi connectivity index (χ0n) is 12.4. The van der Waals surface area contributed by atoms with E-state index in [1.807, 2.05) is 6.07 Å². The first-order chi connectivity index (χ1) is 11.1. The molecule has 0 aliphatic carbocycles. The highest BCUT2D eigenvalue weighted by Gasteiger charge is 2.18. The molecule has 0 fully saturated rings. The van der Waals surface area contributed by atoms with E-state index >= 15 is 0 Å². The molecule has 0 saturated heterocycles. The first-order valence-corrected chi connectivity index (χ1v) is 7.26. The van der Waals surface area contributed by atoms with E-state index < -0.39 is 0 Å². The fraction of sp³-hybridized carbons (Fsp3) is 0.0588. The Morgan fingerprint density at radius 3 is 2.61 bits per heavy atom. The van der Waals surface area contributed by atoms with Crippen LogP contribution in [0.1, 0.15) is 15.9 Å². The van der Waals surface area contributed by atoms with E-state index in [4.69, 9.17) is 22.1 Å². The summed E-state index contributed by atoms with van der Waals surface area (Å²) in [6.45, 7) is 0. The highest BCUT2D eigenvalue weighted by molar-refractivity contribution is 6.30. The van der Waals surface area contributed by atoms with E-state index in [0.717, 1.165) is 0 Å². The molecule has 0 aliphatic heterocycles. The number of methoxy groups -OCH3 is 1. The van der Waals surface area contributed by atoms with Crippen LogP contribution in [-0.2, 0) is 0 Å². The monoisotopic (exact) mass is 327 g/mol. The van der Waals surface area contributed by atoms with Crippen molar-refractivity contribution in [2.24, 2.45) is 0 Å². The fourth-order valence-corrected chi connectivity index (χ4v) is 2.43. The maximum Gasteiger partial charge on any atom is 0.198 e. The maximum atomic E-state index is 12.6. The molecular formula is C17H14ClN3O2. The summed E-state index contributed by atoms with van der Waals surface area (Å²) in [6, 6.07) is 13.9. The zero-order valence-corrected chi connectivity index (χ0v) is 13.1. The van der Waals surface area contributed by atoms with Gasteiger partial charge < -0.3 is 10.5 Å². The quantitative estimate of drug-likeness (QED) is 0.746. The molecular weight excluding hydrogens is 314 g/mol. The second kappa shape index (κ2) is 6.14. The Morgan fingerprint density at radius 1 is 1.22 bits per heavy atom. The molecule has 5 nitrogen and oxygen atoms in total. The number of rotatable bonds is 4. The van der Waals surface area contributed by atoms with Gasteiger partial charge in [-0.1, -0.05) is 17.7 Å². The SMILES string of the molecule is COc1ccc(C(=O)c2cnn(-c3cccc(Cl)c3)c2N)cc1. The minimum Gasteiger partial charge on any atom is -0.497 e. The molecule has 2 aromatic carbocycles. The van der Waals surface area contributed by atoms with Crippen LogP contribution in [0.2, 0.25) is 5.02 Å². The number of halogens is 1. The summed E-state index contributed by atoms with van der Waals surface area (Å²) in [5, 5.41) is 4.76. The molecule has 3 aromatic rings. The van der Waals surface area contributed by atoms with E-state index in [1.165, 1.54) is 10.9 Å². The molecule has 116 valence electrons. The van der Waals surface area contributed by atoms with Crippen LogP contribution in [-0.4, -0.2) is 22.7 Å². The van der Waals surface area contributed by atoms with Crippen LogP contribution in [0.4, 0.5) is 5.82 Å². The van der Waals surface area contributed by atoms with Crippen LogP contribution in [0, 0.1) is 0 Å². The van der Waals surface area contributed by atoms with Gasteiger partial charge in [0.05, 0.1) is 24.6 Å². The van der Waals surface area contributed by atoms with Gasteiger partial charge in [0.25, 0.3) is 0 Å². The molecule has 0 atom stereocenters. The number of benzene rings is 2. The minimum absolute atomic E-state index is 0.196. The number of hydrogen-bond donors (Lipinski definition) is 1. The predicted octanol–water partition coefficient (Wildman–Crippen LogP) is 3.35. The molecule has 0 aliphatic rings. The largest absolute Gasteiger partial charge is 0.497 e. The second-order valence-corrected chi connectivity index (χ2v) is 5.33. The second-order valence-electron chi connectivity index (χ2n) is 4.89. The van der Waals surface area contributed by atoms with Crippen LogP contribution < -0.4 is 10.5 Å². The number of ether oxygens (including phenoxy) is 1. The van der Waals surface area contributed by atoms with Gasteiger partial charge in [-0.05, 0) is 42.5 Å². The minimum atomic E-state index is -0.196. The fourth-order valence-electron chi connectivity index (χ4n) is 2.24. The summed E-state index contributed by atoms with van der Waals surface area (Å²) >= 11 is 5.98. The summed E-state index contributed by atoms with van der Waals surface area (Å²) in [6.07, 6.45) is 1.46. The average Bonchev–Trinajstić information content (AvgIpc) is 2.96. The molecule has 0 amide bonds. The van der Waals surface area contributed by atoms with Crippen LogP contribution >= 0.6 is 11.6 Å². The van der Waals surface area contributed by atoms with Crippen molar-refractivity contribution < 1.29 is 9.53 Å². The van der Waals surface area contributed by atoms with Gasteiger partial charge in [-0.2, -0.15) is 5.10 Å². The van der Waals surface area contributed by atoms with Crippen LogP contribution in [0.5, 0.6) is 5.75 Å². The molecule has 0 unspecified atom stereocenters. The molecule has 1 heterocycles. The van der Waals surface area contributed by atoms with Gasteiger partial charge >= 0.3 is 0 Å². The van der Waals surface area contributed by atoms with Crippen molar-refractivity contribution in [2.75, 3.05) is 12.8 Å². The predicted molar refractivity (Wildman–Crippen MR) is 89.4 cm³/mol. The Kier molecular flexibility index (Phi) is 4.04. The first kappa shape index (κ1) is 15.1. The number of nitrogen functional groups attached to an aromatic ring is 1. The van der Waals surface area contributed by atoms with Gasteiger partial charge in [0, 0.05) is 10.6 Å². The highest BCUT2D eigenvalue weighted by Crippen LogP contribution is 2.23. The maximum absolute atomic E-state index is 12.6. The Bertz CT molecular complexity index is 857. The van der Waals surface area contributed by atoms with Crippen molar-refractivity contribution >= 4 is 23.2 Å². The standard InChI is InChI=1S/C17H14ClN3O2/c1-23-14-7-5-11(6-8-14)16(22)15-10-20-21(17(15)19)13-4-2-3-12(18)9-13/h2-10H,19H2,1H3. The van der Waals surface area contributed by atoms with Crippen molar-refractivity contribution in [1.29, 1.82) is 0 Å². The van der Waals surface area contributed by atoms with E-state index in [2.05, 4.69) is 5.10 Å². The Labute approximate surface area is 138 Å². The number of hydrogen-bond acceptors (Lipinski definition) is 4. The lowest BCUT2D eigenvalue weighted by molar-refractivity contribution is 0.103. The van der Waals surface area contributed by atoms with Crippen molar-refractivity contribution in [2.45, 2.75) is 0 Å². The van der Waals surface area contributed by atoms with Crippen LogP contribution in [0.15, 0.2) is 54.7 Å². The number of carbonyl (C=O) groups is 1. The summed E-state index contributed by atoms with van der Waals surface area (Å²) in [5.41, 5.74) is 7.65. The summed E-state index contributed by atoms with van der Waals surface area (Å²) < 4.78 is 6.58. The number of aromatic nitrogens is 2. The zero-order chi connectivity index (χ0) is 16.4. The third kappa shape index (κ3) is 2.91. The van der Waals surface area contributed by atoms with Gasteiger partial charge in [0.1, 0.15) is 11.6 Å². The topological polar surface area (TPSA) is 70.1 Å². The number of carbonyl (C=O) groups excluding carboxylic acids is 1. The number of ketones is 1. The van der Waals surface area contributed by atoms with Gasteiger partial charge in [0.2, 0.25) is 0 Å². The molecule has 6 heteroatoms. The molecule has 0 bridgehead atoms. The summed E-state index contributed by atoms with van der Waals surface area (Å²) in [7, 11) is 1.57. The molecule has 0 spiro atoms. The van der Waals surface area contributed by atoms with Gasteiger partial charge in [-0.25, -0.2) is 4.68 Å². The lowest BCUT2D eigenvalue weighted by Gasteiger charge is -2.06. The van der Waals surface area contributed by atoms with E-state index in [0.29, 0.717) is 27.6 Å². The Hall–Kier alpha value is -2.79. The molecule has 23 heavy (non-hydrogen) atoms. The van der Waals surface area contributed by atoms with Gasteiger partial charge in [-0.3, -0.25) is 4.79 Å². The first-order valence-electron chi connectivity index (χ1n) is 6.88. The third-order valence-electron chi connectivity index (χ3n) is 3.46. The molecule has 1 aromatic heterocycles. The van der Waals surface area contributed by atoms with Crippen LogP contribution in [0.25, 0.3) is 5.69 Å². The Morgan fingerprint density at radius 2 is 1.96 bits per heavy atom. The smallest absolute Gasteiger partial charge is 0.198 e. The average molecular weight is 328 g/mol. The highest BCUT2D eigenvalue weighted by atomic mass is 35.5. The summed E-state index contributed by atoms with van der Waals surface area (Å²) in [4.78, 5) is 12.6. The van der Waals surface area contributed by atoms with Gasteiger partial charge in [-0.15, -0.1) is 0 Å². The molecule has 2 N–H and O–H groups in total. The van der Waals surface area contributed by atoms with E-state index in [-0.39, 0.29) is 11.6 Å². The molecule has 0 radical (unpaired) electrons. The van der Waals surface area contributed by atoms with Crippen molar-refractivity contribution in [1.82, 2.24) is 9.78 Å². The molecule has 0 saturated carbocycles. The van der Waals surface area contributed by atoms with Crippen molar-refractivity contribution in [3.05, 3.63) is 70.9 Å². The van der Waals surface area contributed by atoms with Crippen molar-refractivity contribution in [3.8, 4) is 11.4 Å². The normalized spacial score (nSPS) is 10.5. The lowest BCUT2D eigenvalue weighted by Crippen LogP contribution is -2.07. The summed E-state index contributed by atoms with van der Waals surface area (Å²) in [5.74, 6) is 0.760.